The van der Waals surface area contributed by atoms with Crippen LogP contribution in [0.25, 0.3) is 22.3 Å². The van der Waals surface area contributed by atoms with Crippen LogP contribution in [-0.2, 0) is 0 Å². The zero-order chi connectivity index (χ0) is 17.3. The van der Waals surface area contributed by atoms with Crippen molar-refractivity contribution >= 4 is 16.6 Å². The van der Waals surface area contributed by atoms with Gasteiger partial charge in [0, 0.05) is 0 Å². The number of hydrogen-bond donors (Lipinski definition) is 1. The van der Waals surface area contributed by atoms with Crippen molar-refractivity contribution in [2.75, 3.05) is 0 Å². The fraction of sp³-hybridized carbons (Fsp3) is 0. The number of fused-ring (bicyclic) bond motifs is 1. The van der Waals surface area contributed by atoms with E-state index in [1.165, 1.54) is 4.80 Å². The highest BCUT2D eigenvalue weighted by molar-refractivity contribution is 5.83. The van der Waals surface area contributed by atoms with Gasteiger partial charge in [-0.05, 0) is 46.5 Å². The second-order valence-electron chi connectivity index (χ2n) is 5.37. The Hall–Kier alpha value is -3.40. The summed E-state index contributed by atoms with van der Waals surface area (Å²) in [7, 11) is 0. The average molecular weight is 315 g/mol. The highest BCUT2D eigenvalue weighted by atomic mass is 16.3. The molecule has 1 aromatic heterocycles. The molecule has 1 heterocycles. The first-order chi connectivity index (χ1) is 11.5. The van der Waals surface area contributed by atoms with Crippen molar-refractivity contribution in [2.45, 2.75) is 0 Å². The predicted octanol–water partition coefficient (Wildman–Crippen LogP) is 4.44. The minimum atomic E-state index is 0.0833. The molecular weight excluding hydrogens is 298 g/mol. The lowest BCUT2D eigenvalue weighted by atomic mass is 9.95. The van der Waals surface area contributed by atoms with Crippen LogP contribution in [0, 0.1) is 0 Å². The molecule has 1 N–H and O–H groups in total. The Morgan fingerprint density at radius 1 is 1.00 bits per heavy atom. The van der Waals surface area contributed by atoms with E-state index in [1.54, 1.807) is 24.3 Å². The van der Waals surface area contributed by atoms with Gasteiger partial charge in [-0.25, -0.2) is 0 Å². The zero-order valence-electron chi connectivity index (χ0n) is 13.2. The molecule has 0 saturated heterocycles. The third kappa shape index (κ3) is 2.65. The molecule has 0 aliphatic carbocycles. The van der Waals surface area contributed by atoms with Crippen LogP contribution in [0.15, 0.2) is 86.0 Å². The largest absolute Gasteiger partial charge is 0.506 e. The van der Waals surface area contributed by atoms with Gasteiger partial charge in [0.2, 0.25) is 0 Å². The summed E-state index contributed by atoms with van der Waals surface area (Å²) < 4.78 is 0. The van der Waals surface area contributed by atoms with E-state index in [0.717, 1.165) is 16.6 Å². The van der Waals surface area contributed by atoms with Gasteiger partial charge in [-0.3, -0.25) is 0 Å². The molecular formula is C20H17N3O. The summed E-state index contributed by atoms with van der Waals surface area (Å²) in [5.41, 5.74) is 4.89. The van der Waals surface area contributed by atoms with Crippen LogP contribution in [0.5, 0.6) is 5.75 Å². The minimum Gasteiger partial charge on any atom is -0.506 e. The molecule has 4 nitrogen and oxygen atoms in total. The molecule has 3 rings (SSSR count). The van der Waals surface area contributed by atoms with Crippen LogP contribution >= 0.6 is 0 Å². The molecule has 4 heteroatoms. The monoisotopic (exact) mass is 315 g/mol. The molecule has 0 fully saturated rings. The van der Waals surface area contributed by atoms with Crippen LogP contribution < -0.4 is 0 Å². The van der Waals surface area contributed by atoms with Gasteiger partial charge in [0.05, 0.1) is 0 Å². The highest BCUT2D eigenvalue weighted by Crippen LogP contribution is 2.30. The van der Waals surface area contributed by atoms with Gasteiger partial charge < -0.3 is 5.11 Å². The van der Waals surface area contributed by atoms with E-state index in [0.29, 0.717) is 22.4 Å². The number of rotatable bonds is 5. The Kier molecular flexibility index (Phi) is 3.88. The van der Waals surface area contributed by atoms with Gasteiger partial charge >= 0.3 is 0 Å². The van der Waals surface area contributed by atoms with E-state index in [-0.39, 0.29) is 5.75 Å². The van der Waals surface area contributed by atoms with Crippen molar-refractivity contribution < 1.29 is 5.11 Å². The van der Waals surface area contributed by atoms with E-state index in [1.807, 2.05) is 24.3 Å². The lowest BCUT2D eigenvalue weighted by Gasteiger charge is -2.12. The smallest absolute Gasteiger partial charge is 0.143 e. The topological polar surface area (TPSA) is 50.9 Å². The molecule has 118 valence electrons. The predicted molar refractivity (Wildman–Crippen MR) is 98.0 cm³/mol. The second kappa shape index (κ2) is 6.01. The highest BCUT2D eigenvalue weighted by Gasteiger charge is 2.12. The van der Waals surface area contributed by atoms with Gasteiger partial charge in [-0.15, -0.1) is 15.0 Å². The minimum absolute atomic E-state index is 0.0833. The molecule has 0 aliphatic heterocycles. The van der Waals surface area contributed by atoms with E-state index < -0.39 is 0 Å². The van der Waals surface area contributed by atoms with Gasteiger partial charge in [0.1, 0.15) is 22.5 Å². The Balaban J connectivity index is 2.06. The summed E-state index contributed by atoms with van der Waals surface area (Å²) in [5, 5.41) is 19.0. The van der Waals surface area contributed by atoms with Gasteiger partial charge in [-0.1, -0.05) is 50.6 Å². The Bertz CT molecular complexity index is 962. The van der Waals surface area contributed by atoms with Crippen LogP contribution in [0.3, 0.4) is 0 Å². The van der Waals surface area contributed by atoms with E-state index in [2.05, 4.69) is 36.5 Å². The zero-order valence-corrected chi connectivity index (χ0v) is 13.2. The third-order valence-electron chi connectivity index (χ3n) is 3.82. The number of nitrogens with zero attached hydrogens (tertiary/aromatic N) is 3. The standard InChI is InChI=1S/C20H17N3O/c1-5-13(2)14(3)15(4)16-10-11-20(24)19(12-16)23-21-17-8-6-7-9-18(17)22-23/h5-12,24H,1-4H2. The number of hydrogen-bond acceptors (Lipinski definition) is 3. The first kappa shape index (κ1) is 15.5. The van der Waals surface area contributed by atoms with E-state index >= 15 is 0 Å². The Morgan fingerprint density at radius 3 is 2.21 bits per heavy atom. The summed E-state index contributed by atoms with van der Waals surface area (Å²) in [6, 6.07) is 12.7. The molecule has 0 saturated carbocycles. The number of phenols is 1. The maximum Gasteiger partial charge on any atom is 0.143 e. The molecule has 2 aromatic carbocycles. The van der Waals surface area contributed by atoms with E-state index in [9.17, 15) is 5.11 Å². The van der Waals surface area contributed by atoms with Crippen molar-refractivity contribution in [2.24, 2.45) is 0 Å². The Labute approximate surface area is 140 Å². The van der Waals surface area contributed by atoms with Crippen molar-refractivity contribution in [1.29, 1.82) is 0 Å². The molecule has 0 aliphatic rings. The molecule has 3 aromatic rings. The molecule has 24 heavy (non-hydrogen) atoms. The molecule has 0 unspecified atom stereocenters. The lowest BCUT2D eigenvalue weighted by molar-refractivity contribution is 0.467. The van der Waals surface area contributed by atoms with E-state index in [4.69, 9.17) is 0 Å². The number of allylic oxidation sites excluding steroid dienone is 4. The first-order valence-electron chi connectivity index (χ1n) is 7.37. The quantitative estimate of drug-likeness (QED) is 0.708. The fourth-order valence-corrected chi connectivity index (χ4v) is 2.33. The average Bonchev–Trinajstić information content (AvgIpc) is 3.04. The SMILES string of the molecule is C=CC(=C)C(=C)C(=C)c1ccc(O)c(-n2nc3ccccc3n2)c1. The van der Waals surface area contributed by atoms with Crippen molar-refractivity contribution in [3.63, 3.8) is 0 Å². The second-order valence-corrected chi connectivity index (χ2v) is 5.37. The van der Waals surface area contributed by atoms with Gasteiger partial charge in [-0.2, -0.15) is 0 Å². The molecule has 0 bridgehead atoms. The normalized spacial score (nSPS) is 10.5. The summed E-state index contributed by atoms with van der Waals surface area (Å²) in [6.07, 6.45) is 1.64. The molecule has 0 atom stereocenters. The van der Waals surface area contributed by atoms with Gasteiger partial charge in [0.15, 0.2) is 0 Å². The number of aromatic nitrogens is 3. The van der Waals surface area contributed by atoms with Crippen molar-refractivity contribution in [1.82, 2.24) is 15.0 Å². The van der Waals surface area contributed by atoms with Crippen LogP contribution in [-0.4, -0.2) is 20.1 Å². The Morgan fingerprint density at radius 2 is 1.62 bits per heavy atom. The third-order valence-corrected chi connectivity index (χ3v) is 3.82. The molecule has 0 amide bonds. The molecule has 0 radical (unpaired) electrons. The van der Waals surface area contributed by atoms with Crippen molar-refractivity contribution in [3.8, 4) is 11.4 Å². The lowest BCUT2D eigenvalue weighted by Crippen LogP contribution is -2.00. The first-order valence-corrected chi connectivity index (χ1v) is 7.37. The molecule has 0 spiro atoms. The summed E-state index contributed by atoms with van der Waals surface area (Å²) in [6.45, 7) is 15.6. The fourth-order valence-electron chi connectivity index (χ4n) is 2.33. The van der Waals surface area contributed by atoms with Crippen LogP contribution in [0.2, 0.25) is 0 Å². The number of phenolic OH excluding ortho intramolecular Hbond substituents is 1. The van der Waals surface area contributed by atoms with Crippen molar-refractivity contribution in [3.05, 3.63) is 91.6 Å². The maximum atomic E-state index is 10.2. The number of benzene rings is 2. The van der Waals surface area contributed by atoms with Crippen LogP contribution in [0.1, 0.15) is 5.56 Å². The van der Waals surface area contributed by atoms with Gasteiger partial charge in [0.25, 0.3) is 0 Å². The van der Waals surface area contributed by atoms with Crippen LogP contribution in [0.4, 0.5) is 0 Å². The summed E-state index contributed by atoms with van der Waals surface area (Å²) >= 11 is 0. The summed E-state index contributed by atoms with van der Waals surface area (Å²) in [4.78, 5) is 1.42. The summed E-state index contributed by atoms with van der Waals surface area (Å²) in [5.74, 6) is 0.0833. The number of aromatic hydroxyl groups is 1. The maximum absolute atomic E-state index is 10.2.